The maximum atomic E-state index is 6.60. The van der Waals surface area contributed by atoms with Crippen LogP contribution < -0.4 is 9.47 Å². The van der Waals surface area contributed by atoms with Crippen molar-refractivity contribution in [3.8, 4) is 62.3 Å². The summed E-state index contributed by atoms with van der Waals surface area (Å²) in [4.78, 5) is 5.06. The van der Waals surface area contributed by atoms with E-state index in [0.29, 0.717) is 11.5 Å². The Labute approximate surface area is 255 Å². The van der Waals surface area contributed by atoms with Crippen molar-refractivity contribution in [2.75, 3.05) is 0 Å². The maximum absolute atomic E-state index is 6.60. The number of fused-ring (bicyclic) bond motifs is 6. The van der Waals surface area contributed by atoms with Gasteiger partial charge in [-0.15, -0.1) is 0 Å². The van der Waals surface area contributed by atoms with Crippen molar-refractivity contribution in [3.05, 3.63) is 145 Å². The van der Waals surface area contributed by atoms with Crippen LogP contribution in [0.3, 0.4) is 0 Å². The molecule has 44 heavy (non-hydrogen) atoms. The molecule has 0 fully saturated rings. The number of aromatic nitrogens is 2. The van der Waals surface area contributed by atoms with E-state index < -0.39 is 0 Å². The third-order valence-corrected chi connectivity index (χ3v) is 9.08. The molecule has 4 nitrogen and oxygen atoms in total. The lowest BCUT2D eigenvalue weighted by molar-refractivity contribution is 0.359. The summed E-state index contributed by atoms with van der Waals surface area (Å²) in [7, 11) is 0. The smallest absolute Gasteiger partial charge is 0.170 e. The Morgan fingerprint density at radius 3 is 2.09 bits per heavy atom. The second-order valence-electron chi connectivity index (χ2n) is 12.0. The number of rotatable bonds is 3. The predicted octanol–water partition coefficient (Wildman–Crippen LogP) is 10.6. The summed E-state index contributed by atoms with van der Waals surface area (Å²) >= 11 is 0. The SMILES string of the molecule is CC1(C)c2ccccc2-c2cc3c(cc21)Oc1ccc(-c2ccccc2-n2c(-c4ccccc4)nc4ccccc42)cc1O3. The molecule has 1 aliphatic heterocycles. The summed E-state index contributed by atoms with van der Waals surface area (Å²) in [5.41, 5.74) is 11.2. The molecule has 210 valence electrons. The first kappa shape index (κ1) is 24.9. The fraction of sp³-hybridized carbons (Fsp3) is 0.0750. The topological polar surface area (TPSA) is 36.3 Å². The Hall–Kier alpha value is -5.61. The molecule has 0 spiro atoms. The molecule has 6 aromatic carbocycles. The predicted molar refractivity (Wildman–Crippen MR) is 176 cm³/mol. The van der Waals surface area contributed by atoms with E-state index in [1.165, 1.54) is 22.3 Å². The number of hydrogen-bond donors (Lipinski definition) is 0. The van der Waals surface area contributed by atoms with Crippen LogP contribution in [0.5, 0.6) is 23.0 Å². The van der Waals surface area contributed by atoms with Gasteiger partial charge in [0.1, 0.15) is 5.82 Å². The summed E-state index contributed by atoms with van der Waals surface area (Å²) in [5.74, 6) is 3.81. The third kappa shape index (κ3) is 3.61. The highest BCUT2D eigenvalue weighted by Gasteiger charge is 2.37. The fourth-order valence-electron chi connectivity index (χ4n) is 6.91. The molecule has 1 aromatic heterocycles. The molecule has 0 unspecified atom stereocenters. The molecule has 1 aliphatic carbocycles. The van der Waals surface area contributed by atoms with Gasteiger partial charge >= 0.3 is 0 Å². The van der Waals surface area contributed by atoms with Gasteiger partial charge in [-0.2, -0.15) is 0 Å². The molecule has 0 N–H and O–H groups in total. The minimum absolute atomic E-state index is 0.103. The highest BCUT2D eigenvalue weighted by Crippen LogP contribution is 2.55. The lowest BCUT2D eigenvalue weighted by Gasteiger charge is -2.25. The first-order valence-electron chi connectivity index (χ1n) is 15.0. The molecular formula is C40H28N2O2. The minimum atomic E-state index is -0.103. The largest absolute Gasteiger partial charge is 0.450 e. The van der Waals surface area contributed by atoms with Crippen molar-refractivity contribution in [1.82, 2.24) is 9.55 Å². The first-order valence-corrected chi connectivity index (χ1v) is 15.0. The molecule has 4 heteroatoms. The van der Waals surface area contributed by atoms with Crippen LogP contribution in [0.2, 0.25) is 0 Å². The van der Waals surface area contributed by atoms with Crippen molar-refractivity contribution in [2.45, 2.75) is 19.3 Å². The van der Waals surface area contributed by atoms with Crippen molar-refractivity contribution in [2.24, 2.45) is 0 Å². The molecule has 0 saturated heterocycles. The van der Waals surface area contributed by atoms with Crippen LogP contribution in [0.25, 0.3) is 50.4 Å². The molecule has 0 amide bonds. The van der Waals surface area contributed by atoms with E-state index in [1.807, 2.05) is 18.2 Å². The molecule has 2 aliphatic rings. The van der Waals surface area contributed by atoms with E-state index in [1.54, 1.807) is 0 Å². The summed E-state index contributed by atoms with van der Waals surface area (Å²) < 4.78 is 15.3. The zero-order valence-electron chi connectivity index (χ0n) is 24.4. The average Bonchev–Trinajstić information content (AvgIpc) is 3.56. The molecule has 0 radical (unpaired) electrons. The Morgan fingerprint density at radius 2 is 1.20 bits per heavy atom. The van der Waals surface area contributed by atoms with Crippen molar-refractivity contribution in [3.63, 3.8) is 0 Å². The Balaban J connectivity index is 1.16. The average molecular weight is 569 g/mol. The van der Waals surface area contributed by atoms with Gasteiger partial charge in [0.15, 0.2) is 23.0 Å². The van der Waals surface area contributed by atoms with Crippen molar-refractivity contribution in [1.29, 1.82) is 0 Å². The van der Waals surface area contributed by atoms with Crippen LogP contribution in [0.1, 0.15) is 25.0 Å². The normalized spacial score (nSPS) is 13.8. The van der Waals surface area contributed by atoms with Gasteiger partial charge in [-0.05, 0) is 70.3 Å². The van der Waals surface area contributed by atoms with Crippen LogP contribution in [0.4, 0.5) is 0 Å². The highest BCUT2D eigenvalue weighted by atomic mass is 16.6. The van der Waals surface area contributed by atoms with E-state index in [0.717, 1.165) is 50.7 Å². The van der Waals surface area contributed by atoms with E-state index in [-0.39, 0.29) is 5.41 Å². The molecule has 2 heterocycles. The number of para-hydroxylation sites is 3. The summed E-state index contributed by atoms with van der Waals surface area (Å²) in [6.07, 6.45) is 0. The van der Waals surface area contributed by atoms with Gasteiger partial charge in [-0.25, -0.2) is 4.98 Å². The van der Waals surface area contributed by atoms with Crippen LogP contribution in [0, 0.1) is 0 Å². The molecule has 0 bridgehead atoms. The van der Waals surface area contributed by atoms with Crippen molar-refractivity contribution >= 4 is 11.0 Å². The zero-order chi connectivity index (χ0) is 29.4. The Morgan fingerprint density at radius 1 is 0.523 bits per heavy atom. The van der Waals surface area contributed by atoms with Gasteiger partial charge < -0.3 is 9.47 Å². The summed E-state index contributed by atoms with van der Waals surface area (Å²) in [6, 6.07) is 46.3. The van der Waals surface area contributed by atoms with E-state index in [4.69, 9.17) is 14.5 Å². The van der Waals surface area contributed by atoms with Gasteiger partial charge in [-0.3, -0.25) is 4.57 Å². The molecule has 0 saturated carbocycles. The lowest BCUT2D eigenvalue weighted by atomic mass is 9.82. The summed E-state index contributed by atoms with van der Waals surface area (Å²) in [6.45, 7) is 4.55. The standard InChI is InChI=1S/C40H28N2O2/c1-40(2)30-16-8-6-15-28(30)29-23-37-38(24-31(29)40)43-35-21-20-26(22-36(35)44-37)27-14-7-10-18-33(27)42-34-19-11-9-17-32(34)41-39(42)25-12-4-3-5-13-25/h3-24H,1-2H3. The quantitative estimate of drug-likeness (QED) is 0.213. The van der Waals surface area contributed by atoms with Gasteiger partial charge in [-0.1, -0.05) is 105 Å². The third-order valence-electron chi connectivity index (χ3n) is 9.08. The van der Waals surface area contributed by atoms with Gasteiger partial charge in [0, 0.05) is 16.5 Å². The summed E-state index contributed by atoms with van der Waals surface area (Å²) in [5, 5.41) is 0. The Bertz CT molecular complexity index is 2260. The van der Waals surface area contributed by atoms with E-state index in [2.05, 4.69) is 134 Å². The fourth-order valence-corrected chi connectivity index (χ4v) is 6.91. The molecular weight excluding hydrogens is 540 g/mol. The van der Waals surface area contributed by atoms with Gasteiger partial charge in [0.25, 0.3) is 0 Å². The number of benzene rings is 6. The van der Waals surface area contributed by atoms with Gasteiger partial charge in [0.2, 0.25) is 0 Å². The van der Waals surface area contributed by atoms with Crippen LogP contribution >= 0.6 is 0 Å². The Kier molecular flexibility index (Phi) is 5.21. The minimum Gasteiger partial charge on any atom is -0.450 e. The van der Waals surface area contributed by atoms with Crippen LogP contribution in [-0.2, 0) is 5.41 Å². The molecule has 9 rings (SSSR count). The molecule has 0 atom stereocenters. The zero-order valence-corrected chi connectivity index (χ0v) is 24.4. The van der Waals surface area contributed by atoms with Crippen LogP contribution in [0.15, 0.2) is 133 Å². The number of nitrogens with zero attached hydrogens (tertiary/aromatic N) is 2. The van der Waals surface area contributed by atoms with Crippen molar-refractivity contribution < 1.29 is 9.47 Å². The highest BCUT2D eigenvalue weighted by molar-refractivity contribution is 5.87. The lowest BCUT2D eigenvalue weighted by Crippen LogP contribution is -2.15. The molecule has 7 aromatic rings. The number of ether oxygens (including phenoxy) is 2. The van der Waals surface area contributed by atoms with E-state index >= 15 is 0 Å². The monoisotopic (exact) mass is 568 g/mol. The second kappa shape index (κ2) is 9.19. The van der Waals surface area contributed by atoms with Crippen LogP contribution in [-0.4, -0.2) is 9.55 Å². The first-order chi connectivity index (χ1) is 21.6. The second-order valence-corrected chi connectivity index (χ2v) is 12.0. The number of hydrogen-bond acceptors (Lipinski definition) is 3. The maximum Gasteiger partial charge on any atom is 0.170 e. The van der Waals surface area contributed by atoms with E-state index in [9.17, 15) is 0 Å². The van der Waals surface area contributed by atoms with Gasteiger partial charge in [0.05, 0.1) is 16.7 Å². The number of imidazole rings is 1.